The zero-order valence-corrected chi connectivity index (χ0v) is 7.95. The Morgan fingerprint density at radius 2 is 2.21 bits per heavy atom. The maximum atomic E-state index is 10.5. The Bertz CT molecular complexity index is 350. The highest BCUT2D eigenvalue weighted by molar-refractivity contribution is 7.99. The summed E-state index contributed by atoms with van der Waals surface area (Å²) in [7, 11) is 0. The molecule has 0 saturated heterocycles. The number of rotatable bonds is 4. The van der Waals surface area contributed by atoms with Gasteiger partial charge in [-0.15, -0.1) is 0 Å². The van der Waals surface area contributed by atoms with E-state index in [9.17, 15) is 9.59 Å². The van der Waals surface area contributed by atoms with Crippen LogP contribution in [0.2, 0.25) is 0 Å². The standard InChI is InChI=1S/C8H8N2O3S/c9-6(11)4-14-7-2-1-5(3-10-7)8(12)13/h1-3H,4H2,(H2,9,11)(H,12,13). The molecule has 0 atom stereocenters. The average Bonchev–Trinajstić information content (AvgIpc) is 2.15. The van der Waals surface area contributed by atoms with Gasteiger partial charge < -0.3 is 10.8 Å². The van der Waals surface area contributed by atoms with Crippen molar-refractivity contribution in [3.63, 3.8) is 0 Å². The molecule has 14 heavy (non-hydrogen) atoms. The number of hydrogen-bond donors (Lipinski definition) is 2. The number of carbonyl (C=O) groups is 2. The van der Waals surface area contributed by atoms with Gasteiger partial charge >= 0.3 is 5.97 Å². The summed E-state index contributed by atoms with van der Waals surface area (Å²) in [6.07, 6.45) is 1.24. The molecule has 0 radical (unpaired) electrons. The lowest BCUT2D eigenvalue weighted by Crippen LogP contribution is -2.13. The predicted molar refractivity (Wildman–Crippen MR) is 51.1 cm³/mol. The minimum absolute atomic E-state index is 0.119. The smallest absolute Gasteiger partial charge is 0.337 e. The molecule has 3 N–H and O–H groups in total. The van der Waals surface area contributed by atoms with Crippen LogP contribution >= 0.6 is 11.8 Å². The van der Waals surface area contributed by atoms with Crippen molar-refractivity contribution >= 4 is 23.6 Å². The van der Waals surface area contributed by atoms with E-state index in [-0.39, 0.29) is 11.3 Å². The molecule has 5 nitrogen and oxygen atoms in total. The highest BCUT2D eigenvalue weighted by Crippen LogP contribution is 2.14. The number of amides is 1. The summed E-state index contributed by atoms with van der Waals surface area (Å²) >= 11 is 1.17. The summed E-state index contributed by atoms with van der Waals surface area (Å²) in [5.41, 5.74) is 5.06. The van der Waals surface area contributed by atoms with Gasteiger partial charge in [0.1, 0.15) is 0 Å². The quantitative estimate of drug-likeness (QED) is 0.703. The molecule has 6 heteroatoms. The van der Waals surface area contributed by atoms with Crippen molar-refractivity contribution in [2.45, 2.75) is 5.03 Å². The summed E-state index contributed by atoms with van der Waals surface area (Å²) < 4.78 is 0. The average molecular weight is 212 g/mol. The molecule has 0 aromatic carbocycles. The molecule has 0 spiro atoms. The van der Waals surface area contributed by atoms with Crippen LogP contribution in [0.25, 0.3) is 0 Å². The van der Waals surface area contributed by atoms with E-state index >= 15 is 0 Å². The van der Waals surface area contributed by atoms with Gasteiger partial charge in [-0.1, -0.05) is 11.8 Å². The first kappa shape index (κ1) is 10.5. The number of nitrogens with zero attached hydrogens (tertiary/aromatic N) is 1. The van der Waals surface area contributed by atoms with Gasteiger partial charge in [0.2, 0.25) is 5.91 Å². The number of carboxylic acid groups (broad SMARTS) is 1. The Labute approximate surface area is 84.3 Å². The van der Waals surface area contributed by atoms with Crippen molar-refractivity contribution in [3.8, 4) is 0 Å². The number of carboxylic acids is 1. The second-order valence-electron chi connectivity index (χ2n) is 2.45. The normalized spacial score (nSPS) is 9.71. The van der Waals surface area contributed by atoms with Crippen LogP contribution in [0, 0.1) is 0 Å². The van der Waals surface area contributed by atoms with Crippen LogP contribution in [0.1, 0.15) is 10.4 Å². The number of carbonyl (C=O) groups excluding carboxylic acids is 1. The van der Waals surface area contributed by atoms with Gasteiger partial charge in [0.15, 0.2) is 0 Å². The van der Waals surface area contributed by atoms with E-state index in [1.807, 2.05) is 0 Å². The molecule has 1 rings (SSSR count). The Morgan fingerprint density at radius 3 is 2.64 bits per heavy atom. The topological polar surface area (TPSA) is 93.3 Å². The summed E-state index contributed by atoms with van der Waals surface area (Å²) in [6.45, 7) is 0. The molecule has 0 aliphatic rings. The summed E-state index contributed by atoms with van der Waals surface area (Å²) in [5, 5.41) is 9.15. The third-order valence-corrected chi connectivity index (χ3v) is 2.31. The van der Waals surface area contributed by atoms with Crippen molar-refractivity contribution in [3.05, 3.63) is 23.9 Å². The Morgan fingerprint density at radius 1 is 1.50 bits per heavy atom. The number of primary amides is 1. The second-order valence-corrected chi connectivity index (χ2v) is 3.44. The maximum Gasteiger partial charge on any atom is 0.337 e. The Kier molecular flexibility index (Phi) is 3.47. The van der Waals surface area contributed by atoms with E-state index < -0.39 is 11.9 Å². The van der Waals surface area contributed by atoms with Crippen molar-refractivity contribution in [2.75, 3.05) is 5.75 Å². The lowest BCUT2D eigenvalue weighted by molar-refractivity contribution is -0.115. The highest BCUT2D eigenvalue weighted by Gasteiger charge is 2.03. The molecule has 0 fully saturated rings. The van der Waals surface area contributed by atoms with Gasteiger partial charge in [0.05, 0.1) is 16.3 Å². The first-order valence-corrected chi connectivity index (χ1v) is 4.68. The number of hydrogen-bond acceptors (Lipinski definition) is 4. The van der Waals surface area contributed by atoms with E-state index in [4.69, 9.17) is 10.8 Å². The lowest BCUT2D eigenvalue weighted by atomic mass is 10.3. The van der Waals surface area contributed by atoms with Crippen molar-refractivity contribution in [1.29, 1.82) is 0 Å². The van der Waals surface area contributed by atoms with Crippen LogP contribution in [-0.4, -0.2) is 27.7 Å². The van der Waals surface area contributed by atoms with E-state index in [2.05, 4.69) is 4.98 Å². The Balaban J connectivity index is 2.64. The largest absolute Gasteiger partial charge is 0.478 e. The predicted octanol–water partition coefficient (Wildman–Crippen LogP) is 0.357. The van der Waals surface area contributed by atoms with Gasteiger partial charge in [-0.2, -0.15) is 0 Å². The SMILES string of the molecule is NC(=O)CSc1ccc(C(=O)O)cn1. The van der Waals surface area contributed by atoms with Crippen LogP contribution in [0.3, 0.4) is 0 Å². The number of nitrogens with two attached hydrogens (primary N) is 1. The van der Waals surface area contributed by atoms with E-state index in [1.165, 1.54) is 30.1 Å². The monoisotopic (exact) mass is 212 g/mol. The molecule has 0 bridgehead atoms. The number of thioether (sulfide) groups is 1. The van der Waals surface area contributed by atoms with Gasteiger partial charge in [-0.25, -0.2) is 9.78 Å². The van der Waals surface area contributed by atoms with E-state index in [1.54, 1.807) is 0 Å². The first-order chi connectivity index (χ1) is 6.59. The van der Waals surface area contributed by atoms with Crippen LogP contribution in [-0.2, 0) is 4.79 Å². The van der Waals surface area contributed by atoms with Gasteiger partial charge in [-0.05, 0) is 12.1 Å². The molecule has 1 aromatic rings. The van der Waals surface area contributed by atoms with Gasteiger partial charge in [0.25, 0.3) is 0 Å². The zero-order valence-electron chi connectivity index (χ0n) is 7.14. The molecular weight excluding hydrogens is 204 g/mol. The number of aromatic carboxylic acids is 1. The van der Waals surface area contributed by atoms with Gasteiger partial charge in [-0.3, -0.25) is 4.79 Å². The highest BCUT2D eigenvalue weighted by atomic mass is 32.2. The maximum absolute atomic E-state index is 10.5. The summed E-state index contributed by atoms with van der Waals surface area (Å²) in [4.78, 5) is 24.7. The number of aromatic nitrogens is 1. The molecular formula is C8H8N2O3S. The molecule has 0 unspecified atom stereocenters. The molecule has 0 aliphatic heterocycles. The second kappa shape index (κ2) is 4.61. The summed E-state index contributed by atoms with van der Waals surface area (Å²) in [6, 6.07) is 2.97. The van der Waals surface area contributed by atoms with Crippen molar-refractivity contribution in [1.82, 2.24) is 4.98 Å². The fourth-order valence-electron chi connectivity index (χ4n) is 0.737. The number of pyridine rings is 1. The molecule has 1 amide bonds. The fourth-order valence-corrected chi connectivity index (χ4v) is 1.32. The first-order valence-electron chi connectivity index (χ1n) is 3.70. The van der Waals surface area contributed by atoms with Crippen LogP contribution in [0.5, 0.6) is 0 Å². The van der Waals surface area contributed by atoms with Crippen molar-refractivity contribution < 1.29 is 14.7 Å². The molecule has 74 valence electrons. The Hall–Kier alpha value is -1.56. The van der Waals surface area contributed by atoms with Crippen molar-refractivity contribution in [2.24, 2.45) is 5.73 Å². The van der Waals surface area contributed by atoms with Crippen LogP contribution < -0.4 is 5.73 Å². The molecule has 0 aliphatic carbocycles. The third-order valence-electron chi connectivity index (χ3n) is 1.35. The third kappa shape index (κ3) is 3.06. The van der Waals surface area contributed by atoms with E-state index in [0.29, 0.717) is 5.03 Å². The molecule has 0 saturated carbocycles. The molecule has 1 heterocycles. The fraction of sp³-hybridized carbons (Fsp3) is 0.125. The summed E-state index contributed by atoms with van der Waals surface area (Å²) in [5.74, 6) is -1.32. The zero-order chi connectivity index (χ0) is 10.6. The minimum Gasteiger partial charge on any atom is -0.478 e. The lowest BCUT2D eigenvalue weighted by Gasteiger charge is -1.98. The molecule has 1 aromatic heterocycles. The van der Waals surface area contributed by atoms with Crippen LogP contribution in [0.4, 0.5) is 0 Å². The van der Waals surface area contributed by atoms with Gasteiger partial charge in [0, 0.05) is 6.20 Å². The van der Waals surface area contributed by atoms with E-state index in [0.717, 1.165) is 0 Å². The van der Waals surface area contributed by atoms with Crippen LogP contribution in [0.15, 0.2) is 23.4 Å². The minimum atomic E-state index is -1.02.